The third-order valence-electron chi connectivity index (χ3n) is 4.01. The Kier molecular flexibility index (Phi) is 5.15. The summed E-state index contributed by atoms with van der Waals surface area (Å²) in [5.74, 6) is -0.363. The summed E-state index contributed by atoms with van der Waals surface area (Å²) >= 11 is 0. The normalized spacial score (nSPS) is 14.3. The van der Waals surface area contributed by atoms with E-state index in [-0.39, 0.29) is 22.8 Å². The van der Waals surface area contributed by atoms with Gasteiger partial charge >= 0.3 is 0 Å². The average Bonchev–Trinajstić information content (AvgIpc) is 3.43. The molecule has 0 unspecified atom stereocenters. The molecule has 0 aliphatic heterocycles. The first-order chi connectivity index (χ1) is 11.9. The van der Waals surface area contributed by atoms with Gasteiger partial charge in [0.15, 0.2) is 0 Å². The molecule has 1 aliphatic carbocycles. The SMILES string of the molecule is O=C(NCc1cccc(F)c1)c1cccc(S(=O)(=O)NCC2CC2)c1. The summed E-state index contributed by atoms with van der Waals surface area (Å²) in [6.45, 7) is 0.589. The molecule has 1 aliphatic rings. The summed E-state index contributed by atoms with van der Waals surface area (Å²) in [6.07, 6.45) is 2.09. The van der Waals surface area contributed by atoms with Gasteiger partial charge in [-0.3, -0.25) is 4.79 Å². The Morgan fingerprint density at radius 2 is 1.88 bits per heavy atom. The molecular weight excluding hydrogens is 343 g/mol. The molecule has 1 saturated carbocycles. The van der Waals surface area contributed by atoms with Crippen LogP contribution in [0.1, 0.15) is 28.8 Å². The van der Waals surface area contributed by atoms with E-state index in [0.717, 1.165) is 12.8 Å². The van der Waals surface area contributed by atoms with Gasteiger partial charge in [0.05, 0.1) is 4.90 Å². The molecule has 2 aromatic rings. The molecule has 0 atom stereocenters. The second kappa shape index (κ2) is 7.33. The largest absolute Gasteiger partial charge is 0.348 e. The molecule has 0 aromatic heterocycles. The van der Waals surface area contributed by atoms with Crippen molar-refractivity contribution in [3.8, 4) is 0 Å². The Morgan fingerprint density at radius 3 is 2.60 bits per heavy atom. The Morgan fingerprint density at radius 1 is 1.12 bits per heavy atom. The fraction of sp³-hybridized carbons (Fsp3) is 0.278. The van der Waals surface area contributed by atoms with E-state index >= 15 is 0 Å². The van der Waals surface area contributed by atoms with Gasteiger partial charge in [0.2, 0.25) is 10.0 Å². The smallest absolute Gasteiger partial charge is 0.251 e. The summed E-state index contributed by atoms with van der Waals surface area (Å²) in [5.41, 5.74) is 0.869. The van der Waals surface area contributed by atoms with Gasteiger partial charge in [-0.1, -0.05) is 18.2 Å². The standard InChI is InChI=1S/C18H19FN2O3S/c19-16-5-1-3-14(9-16)11-20-18(22)15-4-2-6-17(10-15)25(23,24)21-12-13-7-8-13/h1-6,9-10,13,21H,7-8,11-12H2,(H,20,22). The fourth-order valence-corrected chi connectivity index (χ4v) is 3.53. The minimum Gasteiger partial charge on any atom is -0.348 e. The molecule has 132 valence electrons. The Bertz CT molecular complexity index is 879. The van der Waals surface area contributed by atoms with E-state index in [0.29, 0.717) is 18.0 Å². The van der Waals surface area contributed by atoms with Crippen LogP contribution in [0.5, 0.6) is 0 Å². The van der Waals surface area contributed by atoms with Gasteiger partial charge < -0.3 is 5.32 Å². The highest BCUT2D eigenvalue weighted by atomic mass is 32.2. The molecule has 5 nitrogen and oxygen atoms in total. The lowest BCUT2D eigenvalue weighted by Crippen LogP contribution is -2.27. The number of benzene rings is 2. The van der Waals surface area contributed by atoms with E-state index in [2.05, 4.69) is 10.0 Å². The number of rotatable bonds is 7. The summed E-state index contributed by atoms with van der Waals surface area (Å²) in [4.78, 5) is 12.3. The quantitative estimate of drug-likeness (QED) is 0.794. The third-order valence-corrected chi connectivity index (χ3v) is 5.43. The van der Waals surface area contributed by atoms with Crippen LogP contribution in [0.4, 0.5) is 4.39 Å². The van der Waals surface area contributed by atoms with E-state index in [1.54, 1.807) is 18.2 Å². The summed E-state index contributed by atoms with van der Waals surface area (Å²) in [5, 5.41) is 2.66. The highest BCUT2D eigenvalue weighted by molar-refractivity contribution is 7.89. The molecule has 3 rings (SSSR count). The number of hydrogen-bond donors (Lipinski definition) is 2. The van der Waals surface area contributed by atoms with Crippen LogP contribution in [0.15, 0.2) is 53.4 Å². The highest BCUT2D eigenvalue weighted by Crippen LogP contribution is 2.28. The summed E-state index contributed by atoms with van der Waals surface area (Å²) in [6, 6.07) is 11.8. The predicted octanol–water partition coefficient (Wildman–Crippen LogP) is 2.44. The Balaban J connectivity index is 1.66. The zero-order chi connectivity index (χ0) is 17.9. The van der Waals surface area contributed by atoms with Gasteiger partial charge in [0.1, 0.15) is 5.82 Å². The van der Waals surface area contributed by atoms with Crippen LogP contribution in [-0.2, 0) is 16.6 Å². The molecule has 0 heterocycles. The van der Waals surface area contributed by atoms with E-state index in [1.807, 2.05) is 0 Å². The molecule has 25 heavy (non-hydrogen) atoms. The van der Waals surface area contributed by atoms with Crippen molar-refractivity contribution < 1.29 is 17.6 Å². The van der Waals surface area contributed by atoms with Crippen LogP contribution >= 0.6 is 0 Å². The predicted molar refractivity (Wildman–Crippen MR) is 91.9 cm³/mol. The number of nitrogens with one attached hydrogen (secondary N) is 2. The lowest BCUT2D eigenvalue weighted by Gasteiger charge is -2.09. The number of amides is 1. The average molecular weight is 362 g/mol. The zero-order valence-electron chi connectivity index (χ0n) is 13.5. The van der Waals surface area contributed by atoms with Crippen LogP contribution in [0, 0.1) is 11.7 Å². The van der Waals surface area contributed by atoms with Crippen molar-refractivity contribution in [3.63, 3.8) is 0 Å². The van der Waals surface area contributed by atoms with Crippen molar-refractivity contribution in [2.75, 3.05) is 6.54 Å². The van der Waals surface area contributed by atoms with E-state index in [4.69, 9.17) is 0 Å². The third kappa shape index (κ3) is 4.87. The van der Waals surface area contributed by atoms with Crippen molar-refractivity contribution in [1.82, 2.24) is 10.0 Å². The topological polar surface area (TPSA) is 75.3 Å². The molecule has 1 amide bonds. The second-order valence-corrected chi connectivity index (χ2v) is 7.90. The van der Waals surface area contributed by atoms with E-state index < -0.39 is 15.9 Å². The maximum absolute atomic E-state index is 13.1. The molecule has 0 radical (unpaired) electrons. The molecule has 2 N–H and O–H groups in total. The van der Waals surface area contributed by atoms with Gasteiger partial charge in [0.25, 0.3) is 5.91 Å². The maximum Gasteiger partial charge on any atom is 0.251 e. The van der Waals surface area contributed by atoms with Crippen LogP contribution < -0.4 is 10.0 Å². The monoisotopic (exact) mass is 362 g/mol. The number of halogens is 1. The lowest BCUT2D eigenvalue weighted by atomic mass is 10.2. The molecule has 7 heteroatoms. The molecule has 0 bridgehead atoms. The number of sulfonamides is 1. The van der Waals surface area contributed by atoms with E-state index in [9.17, 15) is 17.6 Å². The van der Waals surface area contributed by atoms with Gasteiger partial charge in [-0.15, -0.1) is 0 Å². The van der Waals surface area contributed by atoms with Gasteiger partial charge in [0, 0.05) is 18.7 Å². The number of hydrogen-bond acceptors (Lipinski definition) is 3. The van der Waals surface area contributed by atoms with Crippen molar-refractivity contribution in [2.24, 2.45) is 5.92 Å². The van der Waals surface area contributed by atoms with Gasteiger partial charge in [-0.25, -0.2) is 17.5 Å². The molecule has 2 aromatic carbocycles. The lowest BCUT2D eigenvalue weighted by molar-refractivity contribution is 0.0950. The summed E-state index contributed by atoms with van der Waals surface area (Å²) < 4.78 is 40.3. The van der Waals surface area contributed by atoms with Crippen molar-refractivity contribution >= 4 is 15.9 Å². The van der Waals surface area contributed by atoms with Crippen molar-refractivity contribution in [1.29, 1.82) is 0 Å². The van der Waals surface area contributed by atoms with Crippen LogP contribution in [0.3, 0.4) is 0 Å². The van der Waals surface area contributed by atoms with Crippen LogP contribution in [0.2, 0.25) is 0 Å². The molecular formula is C18H19FN2O3S. The van der Waals surface area contributed by atoms with Gasteiger partial charge in [-0.05, 0) is 54.7 Å². The van der Waals surface area contributed by atoms with Crippen LogP contribution in [-0.4, -0.2) is 20.9 Å². The first-order valence-corrected chi connectivity index (χ1v) is 9.55. The second-order valence-electron chi connectivity index (χ2n) is 6.14. The number of carbonyl (C=O) groups is 1. The highest BCUT2D eigenvalue weighted by Gasteiger charge is 2.24. The minimum absolute atomic E-state index is 0.0616. The number of carbonyl (C=O) groups excluding carboxylic acids is 1. The molecule has 1 fully saturated rings. The zero-order valence-corrected chi connectivity index (χ0v) is 14.4. The maximum atomic E-state index is 13.1. The Hall–Kier alpha value is -2.25. The fourth-order valence-electron chi connectivity index (χ4n) is 2.37. The minimum atomic E-state index is -3.62. The first kappa shape index (κ1) is 17.6. The summed E-state index contributed by atoms with van der Waals surface area (Å²) in [7, 11) is -3.62. The first-order valence-electron chi connectivity index (χ1n) is 8.06. The Labute approximate surface area is 146 Å². The van der Waals surface area contributed by atoms with Gasteiger partial charge in [-0.2, -0.15) is 0 Å². The molecule has 0 saturated heterocycles. The van der Waals surface area contributed by atoms with Crippen LogP contribution in [0.25, 0.3) is 0 Å². The van der Waals surface area contributed by atoms with Crippen molar-refractivity contribution in [2.45, 2.75) is 24.3 Å². The van der Waals surface area contributed by atoms with E-state index in [1.165, 1.54) is 30.3 Å². The molecule has 0 spiro atoms. The van der Waals surface area contributed by atoms with Crippen molar-refractivity contribution in [3.05, 3.63) is 65.5 Å².